The molecule has 14 heavy (non-hydrogen) atoms. The lowest BCUT2D eigenvalue weighted by molar-refractivity contribution is 0.220. The predicted octanol–water partition coefficient (Wildman–Crippen LogP) is 0.209. The van der Waals surface area contributed by atoms with Gasteiger partial charge in [-0.1, -0.05) is 0 Å². The van der Waals surface area contributed by atoms with Crippen LogP contribution in [0.25, 0.3) is 0 Å². The minimum Gasteiger partial charge on any atom is -0.493 e. The highest BCUT2D eigenvalue weighted by atomic mass is 16.5. The molecule has 0 amide bonds. The number of nitrogens with one attached hydrogen (secondary N) is 1. The van der Waals surface area contributed by atoms with Crippen molar-refractivity contribution < 1.29 is 9.47 Å². The van der Waals surface area contributed by atoms with Crippen molar-refractivity contribution in [2.45, 2.75) is 0 Å². The third-order valence-electron chi connectivity index (χ3n) is 1.83. The van der Waals surface area contributed by atoms with Crippen LogP contribution in [0.1, 0.15) is 0 Å². The fourth-order valence-electron chi connectivity index (χ4n) is 1.12. The van der Waals surface area contributed by atoms with Crippen LogP contribution in [0.3, 0.4) is 0 Å². The molecular formula is C9H13N3O2. The first kappa shape index (κ1) is 10.2. The molecule has 0 heterocycles. The van der Waals surface area contributed by atoms with Gasteiger partial charge in [0, 0.05) is 11.6 Å². The molecule has 0 radical (unpaired) electrons. The smallest absolute Gasteiger partial charge is 0.162 e. The minimum absolute atomic E-state index is 0.0935. The minimum atomic E-state index is 0.0935. The molecule has 0 fully saturated rings. The molecule has 0 unspecified atom stereocenters. The van der Waals surface area contributed by atoms with Gasteiger partial charge < -0.3 is 20.9 Å². The highest BCUT2D eigenvalue weighted by Crippen LogP contribution is 2.21. The summed E-state index contributed by atoms with van der Waals surface area (Å²) in [6.45, 7) is 0. The molecule has 5 N–H and O–H groups in total. The zero-order valence-electron chi connectivity index (χ0n) is 8.13. The molecule has 0 atom stereocenters. The lowest BCUT2D eigenvalue weighted by Crippen LogP contribution is -2.18. The number of ether oxygens (including phenoxy) is 2. The maximum Gasteiger partial charge on any atom is 0.162 e. The number of nitrogens with two attached hydrogens (primary N) is 2. The second-order valence-electron chi connectivity index (χ2n) is 2.71. The Morgan fingerprint density at radius 1 is 1.14 bits per heavy atom. The Hall–Kier alpha value is -1.91. The molecule has 1 aliphatic rings. The number of rotatable bonds is 2. The van der Waals surface area contributed by atoms with E-state index < -0.39 is 0 Å². The molecule has 0 aliphatic heterocycles. The van der Waals surface area contributed by atoms with Crippen LogP contribution in [0.15, 0.2) is 35.1 Å². The van der Waals surface area contributed by atoms with E-state index in [4.69, 9.17) is 26.4 Å². The van der Waals surface area contributed by atoms with Gasteiger partial charge in [-0.2, -0.15) is 0 Å². The second-order valence-corrected chi connectivity index (χ2v) is 2.71. The maximum atomic E-state index is 7.60. The van der Waals surface area contributed by atoms with E-state index in [1.54, 1.807) is 6.08 Å². The van der Waals surface area contributed by atoms with E-state index in [0.717, 1.165) is 0 Å². The average molecular weight is 195 g/mol. The van der Waals surface area contributed by atoms with Crippen molar-refractivity contribution >= 4 is 5.71 Å². The van der Waals surface area contributed by atoms with Gasteiger partial charge >= 0.3 is 0 Å². The number of hydrogen-bond acceptors (Lipinski definition) is 5. The Kier molecular flexibility index (Phi) is 2.81. The fraction of sp³-hybridized carbons (Fsp3) is 0.222. The summed E-state index contributed by atoms with van der Waals surface area (Å²) in [5.74, 6) is 1.09. The van der Waals surface area contributed by atoms with Gasteiger partial charge in [0.1, 0.15) is 5.82 Å². The summed E-state index contributed by atoms with van der Waals surface area (Å²) in [4.78, 5) is 0. The zero-order chi connectivity index (χ0) is 10.7. The van der Waals surface area contributed by atoms with E-state index in [1.165, 1.54) is 20.3 Å². The van der Waals surface area contributed by atoms with Crippen LogP contribution in [-0.2, 0) is 9.47 Å². The molecule has 5 heteroatoms. The Morgan fingerprint density at radius 3 is 2.07 bits per heavy atom. The molecule has 0 saturated heterocycles. The van der Waals surface area contributed by atoms with Crippen LogP contribution in [0, 0.1) is 5.41 Å². The molecule has 0 saturated carbocycles. The molecule has 1 rings (SSSR count). The van der Waals surface area contributed by atoms with Gasteiger partial charge in [-0.15, -0.1) is 0 Å². The topological polar surface area (TPSA) is 94.3 Å². The Morgan fingerprint density at radius 2 is 1.64 bits per heavy atom. The van der Waals surface area contributed by atoms with E-state index in [1.807, 2.05) is 0 Å². The summed E-state index contributed by atoms with van der Waals surface area (Å²) in [5, 5.41) is 7.60. The van der Waals surface area contributed by atoms with Gasteiger partial charge in [0.05, 0.1) is 19.9 Å². The van der Waals surface area contributed by atoms with Gasteiger partial charge in [-0.3, -0.25) is 5.41 Å². The summed E-state index contributed by atoms with van der Waals surface area (Å²) in [6.07, 6.45) is 3.09. The molecule has 0 spiro atoms. The molecule has 0 aromatic rings. The van der Waals surface area contributed by atoms with Crippen molar-refractivity contribution in [3.05, 3.63) is 35.1 Å². The lowest BCUT2D eigenvalue weighted by atomic mass is 10.0. The zero-order valence-corrected chi connectivity index (χ0v) is 8.13. The highest BCUT2D eigenvalue weighted by molar-refractivity contribution is 6.10. The van der Waals surface area contributed by atoms with Crippen LogP contribution in [0.4, 0.5) is 0 Å². The van der Waals surface area contributed by atoms with Crippen LogP contribution in [-0.4, -0.2) is 19.9 Å². The highest BCUT2D eigenvalue weighted by Gasteiger charge is 2.17. The molecule has 0 aromatic heterocycles. The number of allylic oxidation sites excluding steroid dienone is 3. The molecule has 0 aromatic carbocycles. The SMILES string of the molecule is COC1=CC(=N)C(=C(N)N)C=C1OC. The van der Waals surface area contributed by atoms with Crippen molar-refractivity contribution in [3.8, 4) is 0 Å². The van der Waals surface area contributed by atoms with Crippen LogP contribution < -0.4 is 11.5 Å². The van der Waals surface area contributed by atoms with Gasteiger partial charge in [-0.05, 0) is 6.08 Å². The molecular weight excluding hydrogens is 182 g/mol. The van der Waals surface area contributed by atoms with Gasteiger partial charge in [0.25, 0.3) is 0 Å². The fourth-order valence-corrected chi connectivity index (χ4v) is 1.12. The van der Waals surface area contributed by atoms with Crippen LogP contribution in [0.5, 0.6) is 0 Å². The predicted molar refractivity (Wildman–Crippen MR) is 53.3 cm³/mol. The van der Waals surface area contributed by atoms with Crippen molar-refractivity contribution in [1.82, 2.24) is 0 Å². The molecule has 1 aliphatic carbocycles. The quantitative estimate of drug-likeness (QED) is 0.587. The Bertz CT molecular complexity index is 349. The summed E-state index contributed by atoms with van der Waals surface area (Å²) in [7, 11) is 3.02. The summed E-state index contributed by atoms with van der Waals surface area (Å²) < 4.78 is 10.1. The van der Waals surface area contributed by atoms with Gasteiger partial charge in [-0.25, -0.2) is 0 Å². The van der Waals surface area contributed by atoms with Crippen molar-refractivity contribution in [2.75, 3.05) is 14.2 Å². The summed E-state index contributed by atoms with van der Waals surface area (Å²) >= 11 is 0. The monoisotopic (exact) mass is 195 g/mol. The standard InChI is InChI=1S/C9H13N3O2/c1-13-7-3-5(9(11)12)6(10)4-8(7)14-2/h3-4,10H,11-12H2,1-2H3. The van der Waals surface area contributed by atoms with Gasteiger partial charge in [0.15, 0.2) is 11.5 Å². The normalized spacial score (nSPS) is 15.9. The summed E-state index contributed by atoms with van der Waals surface area (Å²) in [6, 6.07) is 0. The third kappa shape index (κ3) is 1.71. The Balaban J connectivity index is 3.16. The third-order valence-corrected chi connectivity index (χ3v) is 1.83. The van der Waals surface area contributed by atoms with Crippen molar-refractivity contribution in [3.63, 3.8) is 0 Å². The lowest BCUT2D eigenvalue weighted by Gasteiger charge is -2.16. The summed E-state index contributed by atoms with van der Waals surface area (Å²) in [5.41, 5.74) is 11.5. The number of methoxy groups -OCH3 is 2. The van der Waals surface area contributed by atoms with Crippen LogP contribution >= 0.6 is 0 Å². The average Bonchev–Trinajstić information content (AvgIpc) is 2.16. The molecule has 5 nitrogen and oxygen atoms in total. The van der Waals surface area contributed by atoms with Crippen molar-refractivity contribution in [1.29, 1.82) is 5.41 Å². The number of hydrogen-bond donors (Lipinski definition) is 3. The first-order chi connectivity index (χ1) is 6.60. The maximum absolute atomic E-state index is 7.60. The largest absolute Gasteiger partial charge is 0.493 e. The van der Waals surface area contributed by atoms with Gasteiger partial charge in [0.2, 0.25) is 0 Å². The first-order valence-corrected chi connectivity index (χ1v) is 3.96. The Labute approximate surface area is 82.2 Å². The van der Waals surface area contributed by atoms with Crippen LogP contribution in [0.2, 0.25) is 0 Å². The van der Waals surface area contributed by atoms with E-state index in [2.05, 4.69) is 0 Å². The van der Waals surface area contributed by atoms with E-state index >= 15 is 0 Å². The molecule has 0 bridgehead atoms. The van der Waals surface area contributed by atoms with Crippen molar-refractivity contribution in [2.24, 2.45) is 11.5 Å². The first-order valence-electron chi connectivity index (χ1n) is 3.96. The van der Waals surface area contributed by atoms with E-state index in [-0.39, 0.29) is 11.5 Å². The van der Waals surface area contributed by atoms with E-state index in [9.17, 15) is 0 Å². The molecule has 76 valence electrons. The second kappa shape index (κ2) is 3.87. The van der Waals surface area contributed by atoms with E-state index in [0.29, 0.717) is 17.1 Å².